The van der Waals surface area contributed by atoms with E-state index in [2.05, 4.69) is 33.9 Å². The summed E-state index contributed by atoms with van der Waals surface area (Å²) in [5, 5.41) is 13.1. The molecular formula is C13H17N3S. The lowest BCUT2D eigenvalue weighted by molar-refractivity contribution is 0.454. The molecule has 1 unspecified atom stereocenters. The first-order chi connectivity index (χ1) is 8.31. The van der Waals surface area contributed by atoms with Crippen LogP contribution in [0.1, 0.15) is 28.1 Å². The van der Waals surface area contributed by atoms with Crippen LogP contribution in [0, 0.1) is 6.92 Å². The summed E-state index contributed by atoms with van der Waals surface area (Å²) in [7, 11) is 0. The van der Waals surface area contributed by atoms with Crippen molar-refractivity contribution in [2.24, 2.45) is 0 Å². The molecule has 3 nitrogen and oxygen atoms in total. The first-order valence-electron chi connectivity index (χ1n) is 6.10. The van der Waals surface area contributed by atoms with Crippen molar-refractivity contribution in [3.05, 3.63) is 39.3 Å². The van der Waals surface area contributed by atoms with Crippen molar-refractivity contribution >= 4 is 11.3 Å². The van der Waals surface area contributed by atoms with Gasteiger partial charge in [0.1, 0.15) is 0 Å². The summed E-state index contributed by atoms with van der Waals surface area (Å²) >= 11 is 1.82. The molecule has 17 heavy (non-hydrogen) atoms. The maximum absolute atomic E-state index is 4.11. The van der Waals surface area contributed by atoms with E-state index >= 15 is 0 Å². The second-order valence-corrected chi connectivity index (χ2v) is 5.88. The normalized spacial score (nSPS) is 19.2. The lowest BCUT2D eigenvalue weighted by Gasteiger charge is -2.22. The van der Waals surface area contributed by atoms with Crippen molar-refractivity contribution in [3.8, 4) is 0 Å². The molecule has 4 heteroatoms. The average molecular weight is 247 g/mol. The van der Waals surface area contributed by atoms with Gasteiger partial charge in [0.05, 0.1) is 6.20 Å². The van der Waals surface area contributed by atoms with Crippen LogP contribution in [0.3, 0.4) is 0 Å². The first-order valence-corrected chi connectivity index (χ1v) is 6.98. The maximum atomic E-state index is 4.11. The summed E-state index contributed by atoms with van der Waals surface area (Å²) in [5.74, 6) is 0. The monoisotopic (exact) mass is 247 g/mol. The zero-order valence-corrected chi connectivity index (χ0v) is 10.8. The van der Waals surface area contributed by atoms with E-state index in [1.54, 1.807) is 0 Å². The minimum absolute atomic E-state index is 0.586. The second kappa shape index (κ2) is 4.63. The van der Waals surface area contributed by atoms with Crippen molar-refractivity contribution in [3.63, 3.8) is 0 Å². The number of H-pyrrole nitrogens is 1. The molecule has 0 fully saturated rings. The zero-order valence-electron chi connectivity index (χ0n) is 9.99. The van der Waals surface area contributed by atoms with Gasteiger partial charge >= 0.3 is 0 Å². The van der Waals surface area contributed by atoms with Crippen molar-refractivity contribution in [1.82, 2.24) is 15.5 Å². The highest BCUT2D eigenvalue weighted by Gasteiger charge is 2.19. The molecule has 2 heterocycles. The number of hydrogen-bond donors (Lipinski definition) is 2. The van der Waals surface area contributed by atoms with Crippen molar-refractivity contribution < 1.29 is 0 Å². The second-order valence-electron chi connectivity index (χ2n) is 4.76. The molecule has 1 aliphatic carbocycles. The average Bonchev–Trinajstić information content (AvgIpc) is 2.94. The topological polar surface area (TPSA) is 40.7 Å². The first kappa shape index (κ1) is 11.0. The van der Waals surface area contributed by atoms with E-state index in [-0.39, 0.29) is 0 Å². The van der Waals surface area contributed by atoms with Gasteiger partial charge in [0.2, 0.25) is 0 Å². The third-order valence-corrected chi connectivity index (χ3v) is 4.31. The van der Waals surface area contributed by atoms with E-state index < -0.39 is 0 Å². The van der Waals surface area contributed by atoms with Crippen LogP contribution >= 0.6 is 11.3 Å². The van der Waals surface area contributed by atoms with Crippen LogP contribution in [-0.4, -0.2) is 16.2 Å². The van der Waals surface area contributed by atoms with Gasteiger partial charge in [0, 0.05) is 29.6 Å². The van der Waals surface area contributed by atoms with E-state index in [1.807, 2.05) is 17.5 Å². The summed E-state index contributed by atoms with van der Waals surface area (Å²) < 4.78 is 0. The Morgan fingerprint density at radius 1 is 1.59 bits per heavy atom. The minimum atomic E-state index is 0.586. The Balaban J connectivity index is 1.57. The molecule has 2 N–H and O–H groups in total. The van der Waals surface area contributed by atoms with Crippen LogP contribution in [0.25, 0.3) is 0 Å². The van der Waals surface area contributed by atoms with Gasteiger partial charge in [0.25, 0.3) is 0 Å². The predicted molar refractivity (Wildman–Crippen MR) is 70.3 cm³/mol. The molecule has 3 rings (SSSR count). The van der Waals surface area contributed by atoms with Crippen LogP contribution in [0.2, 0.25) is 0 Å². The predicted octanol–water partition coefficient (Wildman–Crippen LogP) is 2.43. The number of thiophene rings is 1. The van der Waals surface area contributed by atoms with Gasteiger partial charge in [0.15, 0.2) is 0 Å². The SMILES string of the molecule is Cc1cc(CNC2CCc3cn[nH]c3C2)cs1. The number of nitrogens with zero attached hydrogens (tertiary/aromatic N) is 1. The van der Waals surface area contributed by atoms with E-state index in [4.69, 9.17) is 0 Å². The molecule has 90 valence electrons. The lowest BCUT2D eigenvalue weighted by Crippen LogP contribution is -2.33. The fraction of sp³-hybridized carbons (Fsp3) is 0.462. The van der Waals surface area contributed by atoms with Gasteiger partial charge < -0.3 is 5.32 Å². The molecule has 1 aliphatic rings. The third kappa shape index (κ3) is 2.42. The third-order valence-electron chi connectivity index (χ3n) is 3.40. The maximum Gasteiger partial charge on any atom is 0.0522 e. The number of fused-ring (bicyclic) bond motifs is 1. The molecular weight excluding hydrogens is 230 g/mol. The largest absolute Gasteiger partial charge is 0.309 e. The molecule has 0 saturated heterocycles. The Bertz CT molecular complexity index is 500. The van der Waals surface area contributed by atoms with Gasteiger partial charge in [-0.2, -0.15) is 5.10 Å². The van der Waals surface area contributed by atoms with Crippen LogP contribution in [0.15, 0.2) is 17.6 Å². The number of rotatable bonds is 3. The molecule has 0 aliphatic heterocycles. The molecule has 0 saturated carbocycles. The summed E-state index contributed by atoms with van der Waals surface area (Å²) in [6.07, 6.45) is 5.41. The van der Waals surface area contributed by atoms with Gasteiger partial charge in [-0.25, -0.2) is 0 Å². The van der Waals surface area contributed by atoms with Gasteiger partial charge in [-0.1, -0.05) is 0 Å². The van der Waals surface area contributed by atoms with Gasteiger partial charge in [-0.15, -0.1) is 11.3 Å². The van der Waals surface area contributed by atoms with Gasteiger partial charge in [-0.3, -0.25) is 5.10 Å². The van der Waals surface area contributed by atoms with Crippen molar-refractivity contribution in [1.29, 1.82) is 0 Å². The van der Waals surface area contributed by atoms with E-state index in [9.17, 15) is 0 Å². The quantitative estimate of drug-likeness (QED) is 0.874. The Morgan fingerprint density at radius 2 is 2.53 bits per heavy atom. The van der Waals surface area contributed by atoms with E-state index in [0.717, 1.165) is 19.4 Å². The van der Waals surface area contributed by atoms with Crippen LogP contribution in [0.4, 0.5) is 0 Å². The summed E-state index contributed by atoms with van der Waals surface area (Å²) in [6, 6.07) is 2.85. The minimum Gasteiger partial charge on any atom is -0.309 e. The summed E-state index contributed by atoms with van der Waals surface area (Å²) in [5.41, 5.74) is 4.12. The number of hydrogen-bond acceptors (Lipinski definition) is 3. The van der Waals surface area contributed by atoms with Crippen molar-refractivity contribution in [2.75, 3.05) is 0 Å². The summed E-state index contributed by atoms with van der Waals surface area (Å²) in [6.45, 7) is 3.14. The molecule has 0 spiro atoms. The molecule has 2 aromatic rings. The zero-order chi connectivity index (χ0) is 11.7. The van der Waals surface area contributed by atoms with Crippen LogP contribution in [0.5, 0.6) is 0 Å². The standard InChI is InChI=1S/C13H17N3S/c1-9-4-10(8-17-9)6-14-12-3-2-11-7-15-16-13(11)5-12/h4,7-8,12,14H,2-3,5-6H2,1H3,(H,15,16). The number of aromatic nitrogens is 2. The highest BCUT2D eigenvalue weighted by Crippen LogP contribution is 2.19. The van der Waals surface area contributed by atoms with E-state index in [0.29, 0.717) is 6.04 Å². The number of aryl methyl sites for hydroxylation is 2. The molecule has 1 atom stereocenters. The van der Waals surface area contributed by atoms with Crippen molar-refractivity contribution in [2.45, 2.75) is 38.8 Å². The molecule has 0 radical (unpaired) electrons. The molecule has 0 aromatic carbocycles. The Kier molecular flexibility index (Phi) is 2.99. The molecule has 0 bridgehead atoms. The van der Waals surface area contributed by atoms with Crippen LogP contribution in [-0.2, 0) is 19.4 Å². The highest BCUT2D eigenvalue weighted by molar-refractivity contribution is 7.10. The highest BCUT2D eigenvalue weighted by atomic mass is 32.1. The van der Waals surface area contributed by atoms with Crippen LogP contribution < -0.4 is 5.32 Å². The lowest BCUT2D eigenvalue weighted by atomic mass is 9.94. The number of nitrogens with one attached hydrogen (secondary N) is 2. The fourth-order valence-corrected chi connectivity index (χ4v) is 3.14. The Labute approximate surface area is 105 Å². The number of aromatic amines is 1. The van der Waals surface area contributed by atoms with Gasteiger partial charge in [-0.05, 0) is 42.3 Å². The molecule has 2 aromatic heterocycles. The molecule has 0 amide bonds. The smallest absolute Gasteiger partial charge is 0.0522 e. The Morgan fingerprint density at radius 3 is 3.35 bits per heavy atom. The Hall–Kier alpha value is -1.13. The van der Waals surface area contributed by atoms with E-state index in [1.165, 1.54) is 28.1 Å². The summed E-state index contributed by atoms with van der Waals surface area (Å²) in [4.78, 5) is 1.39. The fourth-order valence-electron chi connectivity index (χ4n) is 2.44.